The first-order chi connectivity index (χ1) is 4.95. The molecule has 0 atom stereocenters. The minimum atomic E-state index is 1.32. The number of hydrogen-bond acceptors (Lipinski definition) is 0. The van der Waals surface area contributed by atoms with E-state index in [2.05, 4.69) is 12.1 Å². The molecule has 4 aliphatic rings. The zero-order valence-corrected chi connectivity index (χ0v) is 5.57. The van der Waals surface area contributed by atoms with E-state index in [1.807, 2.05) is 0 Å². The van der Waals surface area contributed by atoms with Gasteiger partial charge in [0.15, 0.2) is 0 Å². The fraction of sp³-hybridized carbons (Fsp3) is 0.200. The summed E-state index contributed by atoms with van der Waals surface area (Å²) in [5, 5.41) is 3.21. The van der Waals surface area contributed by atoms with Crippen LogP contribution in [0, 0.1) is 0 Å². The zero-order chi connectivity index (χ0) is 6.29. The Labute approximate surface area is 58.5 Å². The van der Waals surface area contributed by atoms with Crippen molar-refractivity contribution in [2.24, 2.45) is 0 Å². The molecule has 0 aromatic rings. The summed E-state index contributed by atoms with van der Waals surface area (Å²) in [7, 11) is 0. The van der Waals surface area contributed by atoms with Gasteiger partial charge in [0.05, 0.1) is 0 Å². The van der Waals surface area contributed by atoms with Crippen molar-refractivity contribution >= 4 is 11.6 Å². The topological polar surface area (TPSA) is 0 Å². The van der Waals surface area contributed by atoms with Crippen molar-refractivity contribution in [3.63, 3.8) is 0 Å². The molecule has 0 saturated carbocycles. The summed E-state index contributed by atoms with van der Waals surface area (Å²) < 4.78 is 0. The highest BCUT2D eigenvalue weighted by Crippen LogP contribution is 2.38. The van der Waals surface area contributed by atoms with E-state index in [1.165, 1.54) is 12.8 Å². The lowest BCUT2D eigenvalue weighted by Crippen LogP contribution is -2.29. The van der Waals surface area contributed by atoms with Gasteiger partial charge in [0.1, 0.15) is 0 Å². The van der Waals surface area contributed by atoms with Gasteiger partial charge in [-0.25, -0.2) is 0 Å². The predicted molar refractivity (Wildman–Crippen MR) is 40.9 cm³/mol. The maximum Gasteiger partial charge on any atom is -0.00956 e. The van der Waals surface area contributed by atoms with E-state index in [4.69, 9.17) is 0 Å². The molecule has 46 valence electrons. The van der Waals surface area contributed by atoms with Crippen LogP contribution in [-0.4, -0.2) is 0 Å². The van der Waals surface area contributed by atoms with Crippen LogP contribution in [0.2, 0.25) is 0 Å². The average Bonchev–Trinajstić information content (AvgIpc) is 2.44. The van der Waals surface area contributed by atoms with E-state index in [0.29, 0.717) is 0 Å². The highest BCUT2D eigenvalue weighted by Gasteiger charge is 2.30. The zero-order valence-electron chi connectivity index (χ0n) is 5.57. The van der Waals surface area contributed by atoms with Gasteiger partial charge >= 0.3 is 0 Å². The van der Waals surface area contributed by atoms with Crippen LogP contribution in [0.15, 0.2) is 6.07 Å². The van der Waals surface area contributed by atoms with Crippen molar-refractivity contribution in [3.8, 4) is 11.1 Å². The van der Waals surface area contributed by atoms with Crippen LogP contribution in [0.25, 0.3) is 22.8 Å². The molecule has 0 unspecified atom stereocenters. The molecule has 0 spiro atoms. The molecule has 0 aromatic heterocycles. The molecule has 0 aliphatic heterocycles. The lowest BCUT2D eigenvalue weighted by Gasteiger charge is -1.98. The molecule has 4 rings (SSSR count). The second-order valence-corrected chi connectivity index (χ2v) is 3.41. The first kappa shape index (κ1) is 3.97. The number of rotatable bonds is 0. The van der Waals surface area contributed by atoms with Gasteiger partial charge in [0.25, 0.3) is 0 Å². The van der Waals surface area contributed by atoms with Gasteiger partial charge in [0.2, 0.25) is 0 Å². The average molecular weight is 126 g/mol. The molecule has 0 amide bonds. The van der Waals surface area contributed by atoms with Crippen molar-refractivity contribution in [2.75, 3.05) is 0 Å². The maximum absolute atomic E-state index is 2.37. The van der Waals surface area contributed by atoms with E-state index < -0.39 is 0 Å². The number of hydrogen-bond donors (Lipinski definition) is 0. The molecule has 0 bridgehead atoms. The van der Waals surface area contributed by atoms with Gasteiger partial charge in [-0.05, 0) is 57.7 Å². The molecule has 0 heterocycles. The minimum Gasteiger partial charge on any atom is -0.0499 e. The number of fused-ring (bicyclic) bond motifs is 3. The van der Waals surface area contributed by atoms with Crippen molar-refractivity contribution in [2.45, 2.75) is 12.8 Å². The highest BCUT2D eigenvalue weighted by molar-refractivity contribution is 5.99. The van der Waals surface area contributed by atoms with E-state index in [1.54, 1.807) is 32.7 Å². The molecular weight excluding hydrogens is 120 g/mol. The Bertz CT molecular complexity index is 490. The molecule has 0 saturated heterocycles. The predicted octanol–water partition coefficient (Wildman–Crippen LogP) is 0.558. The van der Waals surface area contributed by atoms with Crippen LogP contribution < -0.4 is 10.4 Å². The van der Waals surface area contributed by atoms with Crippen molar-refractivity contribution in [3.05, 3.63) is 22.1 Å². The second-order valence-electron chi connectivity index (χ2n) is 3.41. The second kappa shape index (κ2) is 0.878. The lowest BCUT2D eigenvalue weighted by molar-refractivity contribution is 1.08. The van der Waals surface area contributed by atoms with Crippen molar-refractivity contribution in [1.29, 1.82) is 0 Å². The summed E-state index contributed by atoms with van der Waals surface area (Å²) in [5.41, 5.74) is 6.45. The Morgan fingerprint density at radius 2 is 2.10 bits per heavy atom. The normalized spacial score (nSPS) is 19.8. The quantitative estimate of drug-likeness (QED) is 0.484. The molecule has 4 aliphatic carbocycles. The van der Waals surface area contributed by atoms with Crippen LogP contribution in [-0.2, 0) is 6.42 Å². The summed E-state index contributed by atoms with van der Waals surface area (Å²) in [6.45, 7) is 0. The van der Waals surface area contributed by atoms with Crippen molar-refractivity contribution in [1.82, 2.24) is 0 Å². The summed E-state index contributed by atoms with van der Waals surface area (Å²) >= 11 is 0. The van der Waals surface area contributed by atoms with Crippen LogP contribution >= 0.6 is 0 Å². The van der Waals surface area contributed by atoms with Crippen LogP contribution in [0.4, 0.5) is 0 Å². The minimum absolute atomic E-state index is 1.32. The molecule has 0 radical (unpaired) electrons. The Balaban J connectivity index is 2.51. The first-order valence-corrected chi connectivity index (χ1v) is 3.86. The lowest BCUT2D eigenvalue weighted by atomic mass is 10.1. The molecule has 0 nitrogen and oxygen atoms in total. The third-order valence-corrected chi connectivity index (χ3v) is 2.97. The van der Waals surface area contributed by atoms with Crippen molar-refractivity contribution < 1.29 is 0 Å². The van der Waals surface area contributed by atoms with Gasteiger partial charge in [-0.3, -0.25) is 0 Å². The maximum atomic E-state index is 2.37. The highest BCUT2D eigenvalue weighted by atomic mass is 14.3. The molecule has 10 heavy (non-hydrogen) atoms. The van der Waals surface area contributed by atoms with E-state index in [0.717, 1.165) is 0 Å². The van der Waals surface area contributed by atoms with E-state index >= 15 is 0 Å². The van der Waals surface area contributed by atoms with E-state index in [-0.39, 0.29) is 0 Å². The Hall–Kier alpha value is -1.04. The monoisotopic (exact) mass is 126 g/mol. The van der Waals surface area contributed by atoms with E-state index in [9.17, 15) is 0 Å². The van der Waals surface area contributed by atoms with Gasteiger partial charge in [-0.1, -0.05) is 0 Å². The fourth-order valence-corrected chi connectivity index (χ4v) is 2.41. The fourth-order valence-electron chi connectivity index (χ4n) is 2.41. The SMILES string of the molecule is C1=c2c3cc-3c3c2=C1CC3. The summed E-state index contributed by atoms with van der Waals surface area (Å²) in [6.07, 6.45) is 5.01. The van der Waals surface area contributed by atoms with Crippen LogP contribution in [0.1, 0.15) is 12.0 Å². The Morgan fingerprint density at radius 1 is 1.10 bits per heavy atom. The summed E-state index contributed by atoms with van der Waals surface area (Å²) in [4.78, 5) is 0. The van der Waals surface area contributed by atoms with Gasteiger partial charge in [-0.15, -0.1) is 0 Å². The molecule has 0 N–H and O–H groups in total. The summed E-state index contributed by atoms with van der Waals surface area (Å²) in [5.74, 6) is 0. The third kappa shape index (κ3) is 0.214. The largest absolute Gasteiger partial charge is 0.0499 e. The van der Waals surface area contributed by atoms with Crippen LogP contribution in [0.5, 0.6) is 0 Å². The Morgan fingerprint density at radius 3 is 3.00 bits per heavy atom. The molecular formula is C10H6. The molecule has 0 heteroatoms. The Kier molecular flexibility index (Phi) is 0.348. The molecule has 0 fully saturated rings. The third-order valence-electron chi connectivity index (χ3n) is 2.97. The first-order valence-electron chi connectivity index (χ1n) is 3.86. The van der Waals surface area contributed by atoms with Gasteiger partial charge < -0.3 is 0 Å². The smallest absolute Gasteiger partial charge is 0.00956 e. The number of benzene rings is 1. The standard InChI is InChI=1S/C10H6/c1-2-6-7-4-8(7)9-3-5(1)10(6)9/h3-4H,1-2H2. The van der Waals surface area contributed by atoms with Gasteiger partial charge in [0, 0.05) is 0 Å². The molecule has 0 aromatic carbocycles. The van der Waals surface area contributed by atoms with Crippen LogP contribution in [0.3, 0.4) is 0 Å². The van der Waals surface area contributed by atoms with Gasteiger partial charge in [-0.2, -0.15) is 0 Å². The summed E-state index contributed by atoms with van der Waals surface area (Å²) in [6, 6.07) is 2.33.